The van der Waals surface area contributed by atoms with Gasteiger partial charge in [0.25, 0.3) is 0 Å². The minimum Gasteiger partial charge on any atom is -0.872 e. The molecular weight excluding hydrogens is 597 g/mol. The smallest absolute Gasteiger partial charge is 0.872 e. The molecule has 2 saturated carbocycles. The quantitative estimate of drug-likeness (QED) is 0.285. The number of nitrogens with zero attached hydrogens (tertiary/aromatic N) is 2. The zero-order valence-electron chi connectivity index (χ0n) is 19.0. The largest absolute Gasteiger partial charge is 2.00 e. The van der Waals surface area contributed by atoms with Crippen molar-refractivity contribution in [2.24, 2.45) is 9.98 Å². The molecule has 7 heteroatoms. The average molecular weight is 628 g/mol. The topological polar surface area (TPSA) is 70.8 Å². The van der Waals surface area contributed by atoms with Gasteiger partial charge < -0.3 is 10.2 Å². The molecule has 0 heterocycles. The second-order valence-electron chi connectivity index (χ2n) is 8.50. The maximum Gasteiger partial charge on any atom is 2.00 e. The van der Waals surface area contributed by atoms with Crippen LogP contribution in [-0.2, 0) is 19.5 Å². The fraction of sp³-hybridized carbons (Fsp3) is 0.462. The monoisotopic (exact) mass is 624 g/mol. The number of aliphatic imine (C=N–C) groups is 2. The van der Waals surface area contributed by atoms with E-state index in [0.717, 1.165) is 8.95 Å². The predicted molar refractivity (Wildman–Crippen MR) is 136 cm³/mol. The Labute approximate surface area is 227 Å². The van der Waals surface area contributed by atoms with Crippen molar-refractivity contribution in [1.82, 2.24) is 0 Å². The first-order valence-electron chi connectivity index (χ1n) is 11.5. The first kappa shape index (κ1) is 28.2. The van der Waals surface area contributed by atoms with Crippen LogP contribution in [0.3, 0.4) is 0 Å². The average Bonchev–Trinajstić information content (AvgIpc) is 2.82. The first-order chi connectivity index (χ1) is 15.5. The normalized spacial score (nSPS) is 17.5. The third kappa shape index (κ3) is 10.0. The summed E-state index contributed by atoms with van der Waals surface area (Å²) in [5.41, 5.74) is 1.36. The summed E-state index contributed by atoms with van der Waals surface area (Å²) in [5.74, 6) is 0.0884. The molecule has 0 atom stereocenters. The van der Waals surface area contributed by atoms with Gasteiger partial charge in [-0.1, -0.05) is 94.0 Å². The van der Waals surface area contributed by atoms with Gasteiger partial charge in [0.05, 0.1) is 0 Å². The van der Waals surface area contributed by atoms with E-state index < -0.39 is 0 Å². The van der Waals surface area contributed by atoms with Gasteiger partial charge in [0, 0.05) is 33.5 Å². The summed E-state index contributed by atoms with van der Waals surface area (Å²) in [5, 5.41) is 23.1. The van der Waals surface area contributed by atoms with E-state index in [2.05, 4.69) is 41.8 Å². The maximum absolute atomic E-state index is 11.5. The Kier molecular flexibility index (Phi) is 12.9. The Morgan fingerprint density at radius 1 is 0.636 bits per heavy atom. The molecule has 0 bridgehead atoms. The minimum atomic E-state index is 0. The molecule has 0 N–H and O–H groups in total. The molecule has 4 rings (SSSR count). The van der Waals surface area contributed by atoms with E-state index >= 15 is 0 Å². The molecule has 0 aliphatic heterocycles. The van der Waals surface area contributed by atoms with Crippen LogP contribution in [0.4, 0.5) is 0 Å². The summed E-state index contributed by atoms with van der Waals surface area (Å²) < 4.78 is 1.86. The van der Waals surface area contributed by atoms with Gasteiger partial charge in [0.2, 0.25) is 0 Å². The van der Waals surface area contributed by atoms with Crippen LogP contribution in [0, 0.1) is 0 Å². The Hall–Kier alpha value is -1.04. The molecule has 0 radical (unpaired) electrons. The molecule has 2 fully saturated rings. The summed E-state index contributed by atoms with van der Waals surface area (Å²) in [7, 11) is 0. The molecule has 2 aliphatic rings. The van der Waals surface area contributed by atoms with Gasteiger partial charge >= 0.3 is 19.5 Å². The van der Waals surface area contributed by atoms with Gasteiger partial charge in [0.15, 0.2) is 0 Å². The van der Waals surface area contributed by atoms with Crippen LogP contribution in [0.15, 0.2) is 55.3 Å². The fourth-order valence-corrected chi connectivity index (χ4v) is 4.83. The molecular formula is C26H30Br2N2O2Zn. The molecule has 33 heavy (non-hydrogen) atoms. The first-order valence-corrected chi connectivity index (χ1v) is 13.1. The van der Waals surface area contributed by atoms with Crippen molar-refractivity contribution >= 4 is 44.3 Å². The summed E-state index contributed by atoms with van der Waals surface area (Å²) in [6.07, 6.45) is 15.9. The number of hydrogen-bond donors (Lipinski definition) is 0. The van der Waals surface area contributed by atoms with Crippen molar-refractivity contribution in [2.75, 3.05) is 0 Å². The third-order valence-electron chi connectivity index (χ3n) is 5.94. The molecule has 0 spiro atoms. The summed E-state index contributed by atoms with van der Waals surface area (Å²) in [6, 6.07) is 11.2. The van der Waals surface area contributed by atoms with Gasteiger partial charge in [-0.2, -0.15) is 0 Å². The van der Waals surface area contributed by atoms with Gasteiger partial charge in [-0.25, -0.2) is 0 Å². The van der Waals surface area contributed by atoms with Crippen molar-refractivity contribution in [3.63, 3.8) is 0 Å². The fourth-order valence-electron chi connectivity index (χ4n) is 4.07. The van der Waals surface area contributed by atoms with E-state index in [-0.39, 0.29) is 31.0 Å². The molecule has 0 saturated heterocycles. The Bertz CT molecular complexity index is 849. The maximum atomic E-state index is 11.5. The zero-order valence-corrected chi connectivity index (χ0v) is 25.2. The van der Waals surface area contributed by atoms with E-state index in [0.29, 0.717) is 23.2 Å². The number of benzene rings is 2. The second kappa shape index (κ2) is 15.1. The van der Waals surface area contributed by atoms with Crippen molar-refractivity contribution in [2.45, 2.75) is 76.3 Å². The van der Waals surface area contributed by atoms with Gasteiger partial charge in [0.1, 0.15) is 0 Å². The molecule has 0 amide bonds. The molecule has 4 nitrogen and oxygen atoms in total. The van der Waals surface area contributed by atoms with E-state index in [1.165, 1.54) is 64.2 Å². The van der Waals surface area contributed by atoms with Crippen molar-refractivity contribution in [3.8, 4) is 11.5 Å². The van der Waals surface area contributed by atoms with E-state index in [1.807, 2.05) is 12.1 Å². The molecule has 2 aromatic rings. The van der Waals surface area contributed by atoms with Crippen molar-refractivity contribution < 1.29 is 29.7 Å². The van der Waals surface area contributed by atoms with Gasteiger partial charge in [-0.15, -0.1) is 0 Å². The number of rotatable bonds is 4. The van der Waals surface area contributed by atoms with Crippen LogP contribution < -0.4 is 10.2 Å². The molecule has 172 valence electrons. The number of halogens is 2. The Morgan fingerprint density at radius 3 is 1.36 bits per heavy atom. The van der Waals surface area contributed by atoms with E-state index in [1.54, 1.807) is 36.7 Å². The standard InChI is InChI=1S/2C13H16BrNO.Zn/c2*14-11-6-7-13(16)10(8-11)9-15-12-4-2-1-3-5-12;/h2*6-9,12,16H,1-5H2;/q;;+2/p-2. The Morgan fingerprint density at radius 2 is 1.00 bits per heavy atom. The van der Waals surface area contributed by atoms with E-state index in [4.69, 9.17) is 0 Å². The van der Waals surface area contributed by atoms with E-state index in [9.17, 15) is 10.2 Å². The number of hydrogen-bond acceptors (Lipinski definition) is 4. The third-order valence-corrected chi connectivity index (χ3v) is 6.93. The van der Waals surface area contributed by atoms with Crippen LogP contribution in [-0.4, -0.2) is 24.5 Å². The van der Waals surface area contributed by atoms with Gasteiger partial charge in [-0.05, 0) is 61.1 Å². The molecule has 2 aliphatic carbocycles. The second-order valence-corrected chi connectivity index (χ2v) is 10.3. The van der Waals surface area contributed by atoms with Crippen molar-refractivity contribution in [1.29, 1.82) is 0 Å². The van der Waals surface area contributed by atoms with Crippen LogP contribution in [0.1, 0.15) is 75.3 Å². The Balaban J connectivity index is 0.000000227. The van der Waals surface area contributed by atoms with Crippen LogP contribution in [0.2, 0.25) is 0 Å². The van der Waals surface area contributed by atoms with Crippen LogP contribution in [0.25, 0.3) is 0 Å². The summed E-state index contributed by atoms with van der Waals surface area (Å²) in [4.78, 5) is 9.02. The zero-order chi connectivity index (χ0) is 22.8. The molecule has 2 aromatic carbocycles. The minimum absolute atomic E-state index is 0. The molecule has 0 unspecified atom stereocenters. The van der Waals surface area contributed by atoms with Crippen molar-refractivity contribution in [3.05, 3.63) is 56.5 Å². The predicted octanol–water partition coefficient (Wildman–Crippen LogP) is 6.55. The van der Waals surface area contributed by atoms with Crippen LogP contribution >= 0.6 is 31.9 Å². The summed E-state index contributed by atoms with van der Waals surface area (Å²) in [6.45, 7) is 0. The van der Waals surface area contributed by atoms with Gasteiger partial charge in [-0.3, -0.25) is 9.98 Å². The summed E-state index contributed by atoms with van der Waals surface area (Å²) >= 11 is 6.72. The van der Waals surface area contributed by atoms with Crippen LogP contribution in [0.5, 0.6) is 11.5 Å². The molecule has 0 aromatic heterocycles. The SMILES string of the molecule is [O-]c1ccc(Br)cc1C=NC1CCCCC1.[O-]c1ccc(Br)cc1C=NC1CCCCC1.[Zn+2].